The van der Waals surface area contributed by atoms with Crippen molar-refractivity contribution in [2.75, 3.05) is 13.1 Å². The summed E-state index contributed by atoms with van der Waals surface area (Å²) in [6, 6.07) is 6.15. The quantitative estimate of drug-likeness (QED) is 0.601. The molecule has 1 aliphatic rings. The predicted octanol–water partition coefficient (Wildman–Crippen LogP) is 1.34. The zero-order chi connectivity index (χ0) is 10.9. The summed E-state index contributed by atoms with van der Waals surface area (Å²) in [4.78, 5) is 10.00. The van der Waals surface area contributed by atoms with Crippen LogP contribution in [-0.4, -0.2) is 23.6 Å². The van der Waals surface area contributed by atoms with E-state index in [2.05, 4.69) is 5.32 Å². The van der Waals surface area contributed by atoms with E-state index in [-0.39, 0.29) is 11.3 Å². The Morgan fingerprint density at radius 2 is 2.00 bits per heavy atom. The summed E-state index contributed by atoms with van der Waals surface area (Å²) in [5.74, 6) is 0.671. The second-order valence-corrected chi connectivity index (χ2v) is 3.91. The third kappa shape index (κ3) is 2.07. The number of non-ortho nitro benzene ring substituents is 1. The highest BCUT2D eigenvalue weighted by atomic mass is 16.6. The van der Waals surface area contributed by atoms with Gasteiger partial charge in [0.2, 0.25) is 0 Å². The van der Waals surface area contributed by atoms with Crippen molar-refractivity contribution in [2.45, 2.75) is 12.5 Å². The molecule has 0 bridgehead atoms. The van der Waals surface area contributed by atoms with Crippen molar-refractivity contribution < 1.29 is 9.66 Å². The first-order valence-electron chi connectivity index (χ1n) is 4.73. The van der Waals surface area contributed by atoms with E-state index >= 15 is 0 Å². The average molecular weight is 208 g/mol. The van der Waals surface area contributed by atoms with Crippen molar-refractivity contribution >= 4 is 5.69 Å². The van der Waals surface area contributed by atoms with Gasteiger partial charge in [-0.2, -0.15) is 0 Å². The van der Waals surface area contributed by atoms with Crippen molar-refractivity contribution in [3.8, 4) is 5.75 Å². The fourth-order valence-electron chi connectivity index (χ4n) is 1.47. The monoisotopic (exact) mass is 208 g/mol. The van der Waals surface area contributed by atoms with Crippen LogP contribution in [0.2, 0.25) is 0 Å². The van der Waals surface area contributed by atoms with Gasteiger partial charge in [-0.1, -0.05) is 0 Å². The summed E-state index contributed by atoms with van der Waals surface area (Å²) < 4.78 is 5.69. The largest absolute Gasteiger partial charge is 0.485 e. The van der Waals surface area contributed by atoms with E-state index in [0.29, 0.717) is 5.75 Å². The first-order valence-corrected chi connectivity index (χ1v) is 4.73. The number of ether oxygens (including phenoxy) is 1. The Kier molecular flexibility index (Phi) is 2.32. The van der Waals surface area contributed by atoms with E-state index in [1.54, 1.807) is 12.1 Å². The summed E-state index contributed by atoms with van der Waals surface area (Å²) in [6.45, 7) is 3.62. The van der Waals surface area contributed by atoms with Crippen molar-refractivity contribution in [3.05, 3.63) is 34.4 Å². The van der Waals surface area contributed by atoms with Crippen LogP contribution in [0.25, 0.3) is 0 Å². The van der Waals surface area contributed by atoms with Crippen LogP contribution in [-0.2, 0) is 0 Å². The second-order valence-electron chi connectivity index (χ2n) is 3.91. The highest BCUT2D eigenvalue weighted by Crippen LogP contribution is 2.23. The third-order valence-corrected chi connectivity index (χ3v) is 2.41. The number of nitro groups is 1. The molecular formula is C10H12N2O3. The lowest BCUT2D eigenvalue weighted by atomic mass is 10.00. The lowest BCUT2D eigenvalue weighted by Crippen LogP contribution is -2.60. The highest BCUT2D eigenvalue weighted by molar-refractivity contribution is 5.36. The molecule has 15 heavy (non-hydrogen) atoms. The number of rotatable bonds is 3. The number of hydrogen-bond donors (Lipinski definition) is 1. The van der Waals surface area contributed by atoms with Gasteiger partial charge in [-0.15, -0.1) is 0 Å². The van der Waals surface area contributed by atoms with Crippen LogP contribution in [0.1, 0.15) is 6.92 Å². The van der Waals surface area contributed by atoms with Gasteiger partial charge in [-0.3, -0.25) is 10.1 Å². The maximum Gasteiger partial charge on any atom is 0.269 e. The maximum atomic E-state index is 10.4. The van der Waals surface area contributed by atoms with Crippen LogP contribution in [0.3, 0.4) is 0 Å². The smallest absolute Gasteiger partial charge is 0.269 e. The summed E-state index contributed by atoms with van der Waals surface area (Å²) >= 11 is 0. The number of nitro benzene ring substituents is 1. The molecule has 0 unspecified atom stereocenters. The molecule has 1 aromatic carbocycles. The lowest BCUT2D eigenvalue weighted by Gasteiger charge is -2.39. The van der Waals surface area contributed by atoms with Gasteiger partial charge in [0.25, 0.3) is 5.69 Å². The Morgan fingerprint density at radius 1 is 1.40 bits per heavy atom. The predicted molar refractivity (Wildman–Crippen MR) is 55.0 cm³/mol. The summed E-state index contributed by atoms with van der Waals surface area (Å²) in [7, 11) is 0. The van der Waals surface area contributed by atoms with Crippen LogP contribution < -0.4 is 10.1 Å². The fourth-order valence-corrected chi connectivity index (χ4v) is 1.47. The molecule has 5 heteroatoms. The molecule has 0 spiro atoms. The van der Waals surface area contributed by atoms with Gasteiger partial charge in [-0.05, 0) is 19.1 Å². The summed E-state index contributed by atoms with van der Waals surface area (Å²) in [5, 5.41) is 13.5. The van der Waals surface area contributed by atoms with E-state index in [0.717, 1.165) is 13.1 Å². The first kappa shape index (κ1) is 9.92. The van der Waals surface area contributed by atoms with Crippen molar-refractivity contribution in [1.29, 1.82) is 0 Å². The van der Waals surface area contributed by atoms with E-state index < -0.39 is 4.92 Å². The zero-order valence-corrected chi connectivity index (χ0v) is 8.40. The Hall–Kier alpha value is -1.62. The molecule has 1 heterocycles. The first-order chi connectivity index (χ1) is 7.09. The van der Waals surface area contributed by atoms with Crippen molar-refractivity contribution in [3.63, 3.8) is 0 Å². The van der Waals surface area contributed by atoms with Gasteiger partial charge in [0.1, 0.15) is 11.4 Å². The van der Waals surface area contributed by atoms with Gasteiger partial charge < -0.3 is 10.1 Å². The molecule has 0 saturated carbocycles. The number of nitrogens with one attached hydrogen (secondary N) is 1. The molecule has 1 fully saturated rings. The Bertz CT molecular complexity index is 371. The molecule has 0 aromatic heterocycles. The van der Waals surface area contributed by atoms with Crippen LogP contribution in [0, 0.1) is 10.1 Å². The third-order valence-electron chi connectivity index (χ3n) is 2.41. The molecular weight excluding hydrogens is 196 g/mol. The SMILES string of the molecule is CC1(Oc2ccc([N+](=O)[O-])cc2)CNC1. The van der Waals surface area contributed by atoms with Crippen molar-refractivity contribution in [2.24, 2.45) is 0 Å². The van der Waals surface area contributed by atoms with E-state index in [1.165, 1.54) is 12.1 Å². The molecule has 1 aliphatic heterocycles. The number of nitrogens with zero attached hydrogens (tertiary/aromatic N) is 1. The lowest BCUT2D eigenvalue weighted by molar-refractivity contribution is -0.384. The van der Waals surface area contributed by atoms with Gasteiger partial charge in [0, 0.05) is 25.2 Å². The topological polar surface area (TPSA) is 64.4 Å². The molecule has 80 valence electrons. The number of benzene rings is 1. The minimum Gasteiger partial charge on any atom is -0.485 e. The Balaban J connectivity index is 2.07. The van der Waals surface area contributed by atoms with Crippen LogP contribution in [0.4, 0.5) is 5.69 Å². The molecule has 1 aromatic rings. The fraction of sp³-hybridized carbons (Fsp3) is 0.400. The minimum atomic E-state index is -0.420. The van der Waals surface area contributed by atoms with E-state index in [9.17, 15) is 10.1 Å². The molecule has 0 radical (unpaired) electrons. The van der Waals surface area contributed by atoms with Gasteiger partial charge in [0.15, 0.2) is 0 Å². The summed E-state index contributed by atoms with van der Waals surface area (Å²) in [6.07, 6.45) is 0. The summed E-state index contributed by atoms with van der Waals surface area (Å²) in [5.41, 5.74) is -0.0879. The van der Waals surface area contributed by atoms with Crippen LogP contribution in [0.15, 0.2) is 24.3 Å². The van der Waals surface area contributed by atoms with E-state index in [4.69, 9.17) is 4.74 Å². The van der Waals surface area contributed by atoms with Crippen LogP contribution >= 0.6 is 0 Å². The zero-order valence-electron chi connectivity index (χ0n) is 8.40. The van der Waals surface area contributed by atoms with Gasteiger partial charge in [0.05, 0.1) is 4.92 Å². The van der Waals surface area contributed by atoms with Gasteiger partial charge in [-0.25, -0.2) is 0 Å². The molecule has 1 N–H and O–H groups in total. The van der Waals surface area contributed by atoms with Crippen LogP contribution in [0.5, 0.6) is 5.75 Å². The highest BCUT2D eigenvalue weighted by Gasteiger charge is 2.33. The maximum absolute atomic E-state index is 10.4. The number of hydrogen-bond acceptors (Lipinski definition) is 4. The molecule has 5 nitrogen and oxygen atoms in total. The van der Waals surface area contributed by atoms with Crippen molar-refractivity contribution in [1.82, 2.24) is 5.32 Å². The molecule has 2 rings (SSSR count). The Morgan fingerprint density at radius 3 is 2.40 bits per heavy atom. The second kappa shape index (κ2) is 3.51. The van der Waals surface area contributed by atoms with Gasteiger partial charge >= 0.3 is 0 Å². The molecule has 0 atom stereocenters. The molecule has 0 aliphatic carbocycles. The minimum absolute atomic E-state index is 0.0826. The average Bonchev–Trinajstić information content (AvgIpc) is 2.16. The molecule has 1 saturated heterocycles. The molecule has 0 amide bonds. The Labute approximate surface area is 87.2 Å². The normalized spacial score (nSPS) is 17.9. The van der Waals surface area contributed by atoms with E-state index in [1.807, 2.05) is 6.92 Å². The standard InChI is InChI=1S/C10H12N2O3/c1-10(6-11-7-10)15-9-4-2-8(3-5-9)12(13)14/h2-5,11H,6-7H2,1H3.